The molecule has 0 unspecified atom stereocenters. The van der Waals surface area contributed by atoms with Gasteiger partial charge in [0.05, 0.1) is 18.9 Å². The van der Waals surface area contributed by atoms with Crippen LogP contribution in [0, 0.1) is 6.92 Å². The number of amides is 2. The van der Waals surface area contributed by atoms with E-state index in [1.165, 1.54) is 0 Å². The van der Waals surface area contributed by atoms with Crippen LogP contribution in [0.3, 0.4) is 0 Å². The third kappa shape index (κ3) is 7.19. The smallest absolute Gasteiger partial charge is 0.319 e. The quantitative estimate of drug-likeness (QED) is 0.615. The second kappa shape index (κ2) is 11.1. The summed E-state index contributed by atoms with van der Waals surface area (Å²) in [6.07, 6.45) is 0.907. The van der Waals surface area contributed by atoms with Crippen LogP contribution in [-0.2, 0) is 11.3 Å². The third-order valence-corrected chi connectivity index (χ3v) is 3.78. The lowest BCUT2D eigenvalue weighted by molar-refractivity contribution is 0.146. The fraction of sp³-hybridized carbons (Fsp3) is 0.381. The zero-order valence-electron chi connectivity index (χ0n) is 16.2. The summed E-state index contributed by atoms with van der Waals surface area (Å²) in [6, 6.07) is 13.0. The second-order valence-electron chi connectivity index (χ2n) is 6.14. The van der Waals surface area contributed by atoms with Gasteiger partial charge in [-0.15, -0.1) is 0 Å². The molecule has 0 aliphatic heterocycles. The molecule has 2 rings (SSSR count). The molecule has 0 saturated heterocycles. The molecular formula is C21H28N2O4. The molecule has 0 spiro atoms. The van der Waals surface area contributed by atoms with Gasteiger partial charge >= 0.3 is 6.03 Å². The molecule has 0 aromatic heterocycles. The van der Waals surface area contributed by atoms with Crippen LogP contribution in [0.15, 0.2) is 42.5 Å². The van der Waals surface area contributed by atoms with Crippen molar-refractivity contribution in [2.24, 2.45) is 0 Å². The van der Waals surface area contributed by atoms with Crippen LogP contribution in [0.4, 0.5) is 10.5 Å². The summed E-state index contributed by atoms with van der Waals surface area (Å²) in [6.45, 7) is 6.12. The van der Waals surface area contributed by atoms with Gasteiger partial charge in [-0.3, -0.25) is 0 Å². The Kier molecular flexibility index (Phi) is 8.45. The molecule has 0 bridgehead atoms. The highest BCUT2D eigenvalue weighted by atomic mass is 16.5. The maximum absolute atomic E-state index is 12.2. The van der Waals surface area contributed by atoms with Crippen molar-refractivity contribution in [1.29, 1.82) is 0 Å². The highest BCUT2D eigenvalue weighted by molar-refractivity contribution is 5.90. The molecule has 0 atom stereocenters. The van der Waals surface area contributed by atoms with E-state index in [1.54, 1.807) is 7.11 Å². The minimum Gasteiger partial charge on any atom is -0.491 e. The van der Waals surface area contributed by atoms with E-state index >= 15 is 0 Å². The molecule has 6 heteroatoms. The van der Waals surface area contributed by atoms with Crippen molar-refractivity contribution in [3.63, 3.8) is 0 Å². The Hall–Kier alpha value is -2.73. The average molecular weight is 372 g/mol. The van der Waals surface area contributed by atoms with Gasteiger partial charge < -0.3 is 24.8 Å². The number of carbonyl (C=O) groups excluding carboxylic acids is 1. The maximum atomic E-state index is 12.2. The van der Waals surface area contributed by atoms with E-state index < -0.39 is 0 Å². The first-order chi connectivity index (χ1) is 13.1. The number of methoxy groups -OCH3 is 1. The molecule has 0 aliphatic carbocycles. The Bertz CT molecular complexity index is 717. The van der Waals surface area contributed by atoms with Gasteiger partial charge in [0.25, 0.3) is 0 Å². The normalized spacial score (nSPS) is 10.3. The zero-order chi connectivity index (χ0) is 19.5. The number of benzene rings is 2. The topological polar surface area (TPSA) is 68.8 Å². The van der Waals surface area contributed by atoms with Crippen LogP contribution in [0.2, 0.25) is 0 Å². The molecule has 27 heavy (non-hydrogen) atoms. The number of carbonyl (C=O) groups is 1. The SMILES string of the molecule is CCCOc1cc(C)ccc1NC(=O)NCc1ccc(OCCOC)cc1. The second-order valence-corrected chi connectivity index (χ2v) is 6.14. The Morgan fingerprint density at radius 2 is 1.78 bits per heavy atom. The largest absolute Gasteiger partial charge is 0.491 e. The van der Waals surface area contributed by atoms with Crippen LogP contribution in [0.25, 0.3) is 0 Å². The van der Waals surface area contributed by atoms with E-state index in [0.29, 0.717) is 37.8 Å². The van der Waals surface area contributed by atoms with Crippen molar-refractivity contribution in [2.75, 3.05) is 32.2 Å². The van der Waals surface area contributed by atoms with E-state index in [2.05, 4.69) is 10.6 Å². The predicted octanol–water partition coefficient (Wildman–Crippen LogP) is 4.13. The molecule has 0 radical (unpaired) electrons. The molecule has 146 valence electrons. The van der Waals surface area contributed by atoms with Crippen molar-refractivity contribution in [2.45, 2.75) is 26.8 Å². The molecule has 0 heterocycles. The Morgan fingerprint density at radius 3 is 2.48 bits per heavy atom. The highest BCUT2D eigenvalue weighted by Gasteiger charge is 2.08. The highest BCUT2D eigenvalue weighted by Crippen LogP contribution is 2.25. The van der Waals surface area contributed by atoms with Crippen molar-refractivity contribution < 1.29 is 19.0 Å². The molecule has 0 fully saturated rings. The van der Waals surface area contributed by atoms with Crippen molar-refractivity contribution in [1.82, 2.24) is 5.32 Å². The number of urea groups is 1. The Balaban J connectivity index is 1.85. The van der Waals surface area contributed by atoms with E-state index in [-0.39, 0.29) is 6.03 Å². The lowest BCUT2D eigenvalue weighted by atomic mass is 10.2. The van der Waals surface area contributed by atoms with Crippen LogP contribution in [0.5, 0.6) is 11.5 Å². The van der Waals surface area contributed by atoms with Gasteiger partial charge in [0.2, 0.25) is 0 Å². The van der Waals surface area contributed by atoms with Crippen LogP contribution >= 0.6 is 0 Å². The van der Waals surface area contributed by atoms with E-state index in [1.807, 2.05) is 56.3 Å². The number of ether oxygens (including phenoxy) is 3. The molecule has 2 aromatic carbocycles. The number of aryl methyl sites for hydroxylation is 1. The average Bonchev–Trinajstić information content (AvgIpc) is 2.67. The van der Waals surface area contributed by atoms with Gasteiger partial charge in [-0.2, -0.15) is 0 Å². The van der Waals surface area contributed by atoms with Gasteiger partial charge in [-0.25, -0.2) is 4.79 Å². The van der Waals surface area contributed by atoms with Gasteiger partial charge in [0.15, 0.2) is 0 Å². The molecule has 2 amide bonds. The molecule has 2 N–H and O–H groups in total. The minimum absolute atomic E-state index is 0.277. The Morgan fingerprint density at radius 1 is 1.00 bits per heavy atom. The van der Waals surface area contributed by atoms with Gasteiger partial charge in [0.1, 0.15) is 18.1 Å². The lowest BCUT2D eigenvalue weighted by Crippen LogP contribution is -2.28. The van der Waals surface area contributed by atoms with Crippen LogP contribution in [0.1, 0.15) is 24.5 Å². The van der Waals surface area contributed by atoms with Gasteiger partial charge in [-0.05, 0) is 48.7 Å². The van der Waals surface area contributed by atoms with Crippen LogP contribution in [-0.4, -0.2) is 33.0 Å². The number of hydrogen-bond donors (Lipinski definition) is 2. The third-order valence-electron chi connectivity index (χ3n) is 3.78. The van der Waals surface area contributed by atoms with Crippen molar-refractivity contribution in [3.8, 4) is 11.5 Å². The van der Waals surface area contributed by atoms with E-state index in [4.69, 9.17) is 14.2 Å². The first-order valence-electron chi connectivity index (χ1n) is 9.11. The van der Waals surface area contributed by atoms with E-state index in [0.717, 1.165) is 23.3 Å². The van der Waals surface area contributed by atoms with Crippen molar-refractivity contribution >= 4 is 11.7 Å². The summed E-state index contributed by atoms with van der Waals surface area (Å²) in [5.41, 5.74) is 2.73. The first kappa shape index (κ1) is 20.6. The first-order valence-corrected chi connectivity index (χ1v) is 9.11. The number of hydrogen-bond acceptors (Lipinski definition) is 4. The lowest BCUT2D eigenvalue weighted by Gasteiger charge is -2.14. The molecule has 2 aromatic rings. The molecule has 0 saturated carbocycles. The standard InChI is InChI=1S/C21H28N2O4/c1-4-11-27-20-14-16(2)5-10-19(20)23-21(24)22-15-17-6-8-18(9-7-17)26-13-12-25-3/h5-10,14H,4,11-13,15H2,1-3H3,(H2,22,23,24). The fourth-order valence-corrected chi connectivity index (χ4v) is 2.36. The maximum Gasteiger partial charge on any atom is 0.319 e. The molecule has 6 nitrogen and oxygen atoms in total. The summed E-state index contributed by atoms with van der Waals surface area (Å²) in [5.74, 6) is 1.46. The van der Waals surface area contributed by atoms with Crippen LogP contribution < -0.4 is 20.1 Å². The van der Waals surface area contributed by atoms with Gasteiger partial charge in [-0.1, -0.05) is 25.1 Å². The number of nitrogens with one attached hydrogen (secondary N) is 2. The predicted molar refractivity (Wildman–Crippen MR) is 107 cm³/mol. The van der Waals surface area contributed by atoms with Gasteiger partial charge in [0, 0.05) is 13.7 Å². The summed E-state index contributed by atoms with van der Waals surface area (Å²) in [4.78, 5) is 12.2. The minimum atomic E-state index is -0.277. The molecular weight excluding hydrogens is 344 g/mol. The summed E-state index contributed by atoms with van der Waals surface area (Å²) in [7, 11) is 1.64. The number of anilines is 1. The van der Waals surface area contributed by atoms with Crippen molar-refractivity contribution in [3.05, 3.63) is 53.6 Å². The fourth-order valence-electron chi connectivity index (χ4n) is 2.36. The number of rotatable bonds is 10. The summed E-state index contributed by atoms with van der Waals surface area (Å²) >= 11 is 0. The van der Waals surface area contributed by atoms with E-state index in [9.17, 15) is 4.79 Å². The monoisotopic (exact) mass is 372 g/mol. The zero-order valence-corrected chi connectivity index (χ0v) is 16.2. The Labute approximate surface area is 160 Å². The summed E-state index contributed by atoms with van der Waals surface area (Å²) in [5, 5.41) is 5.70. The molecule has 0 aliphatic rings. The summed E-state index contributed by atoms with van der Waals surface area (Å²) < 4.78 is 16.2.